The molecule has 0 radical (unpaired) electrons. The lowest BCUT2D eigenvalue weighted by molar-refractivity contribution is -0.121. The molecule has 104 valence electrons. The Hall–Kier alpha value is -1.31. The molecule has 1 aromatic carbocycles. The van der Waals surface area contributed by atoms with Crippen LogP contribution in [-0.2, 0) is 11.2 Å². The van der Waals surface area contributed by atoms with E-state index in [2.05, 4.69) is 17.4 Å². The van der Waals surface area contributed by atoms with Gasteiger partial charge >= 0.3 is 0 Å². The van der Waals surface area contributed by atoms with Gasteiger partial charge in [0.1, 0.15) is 0 Å². The van der Waals surface area contributed by atoms with E-state index in [-0.39, 0.29) is 5.91 Å². The monoisotopic (exact) mass is 259 g/mol. The highest BCUT2D eigenvalue weighted by atomic mass is 16.1. The Morgan fingerprint density at radius 3 is 2.32 bits per heavy atom. The fraction of sp³-hybridized carbons (Fsp3) is 0.588. The second-order valence-electron chi connectivity index (χ2n) is 5.60. The number of amides is 1. The van der Waals surface area contributed by atoms with E-state index in [4.69, 9.17) is 0 Å². The Bertz CT molecular complexity index is 366. The minimum absolute atomic E-state index is 0.217. The molecular formula is C17H25NO. The van der Waals surface area contributed by atoms with Gasteiger partial charge < -0.3 is 5.32 Å². The summed E-state index contributed by atoms with van der Waals surface area (Å²) in [5.74, 6) is 0.217. The summed E-state index contributed by atoms with van der Waals surface area (Å²) in [5, 5.41) is 3.22. The molecule has 1 N–H and O–H groups in total. The van der Waals surface area contributed by atoms with Crippen LogP contribution in [0.4, 0.5) is 0 Å². The van der Waals surface area contributed by atoms with E-state index in [1.807, 2.05) is 18.2 Å². The van der Waals surface area contributed by atoms with Crippen LogP contribution in [0.3, 0.4) is 0 Å². The van der Waals surface area contributed by atoms with Gasteiger partial charge in [-0.25, -0.2) is 0 Å². The summed E-state index contributed by atoms with van der Waals surface area (Å²) in [5.41, 5.74) is 1.25. The van der Waals surface area contributed by atoms with Gasteiger partial charge in [-0.3, -0.25) is 4.79 Å². The van der Waals surface area contributed by atoms with Crippen molar-refractivity contribution in [3.63, 3.8) is 0 Å². The van der Waals surface area contributed by atoms with Crippen molar-refractivity contribution < 1.29 is 4.79 Å². The smallest absolute Gasteiger partial charge is 0.220 e. The molecule has 0 heterocycles. The average Bonchev–Trinajstić information content (AvgIpc) is 2.41. The van der Waals surface area contributed by atoms with Gasteiger partial charge in [0.25, 0.3) is 0 Å². The molecule has 1 fully saturated rings. The highest BCUT2D eigenvalue weighted by Crippen LogP contribution is 2.17. The number of carbonyl (C=O) groups excluding carboxylic acids is 1. The molecule has 0 spiro atoms. The van der Waals surface area contributed by atoms with E-state index in [1.165, 1.54) is 37.7 Å². The number of hydrogen-bond donors (Lipinski definition) is 1. The predicted octanol–water partition coefficient (Wildman–Crippen LogP) is 3.85. The number of rotatable bonds is 4. The summed E-state index contributed by atoms with van der Waals surface area (Å²) in [6, 6.07) is 10.7. The third kappa shape index (κ3) is 5.46. The molecule has 0 aliphatic heterocycles. The molecule has 1 aromatic rings. The lowest BCUT2D eigenvalue weighted by Crippen LogP contribution is -2.35. The van der Waals surface area contributed by atoms with Crippen LogP contribution in [0.5, 0.6) is 0 Å². The van der Waals surface area contributed by atoms with Gasteiger partial charge in [0.2, 0.25) is 5.91 Å². The van der Waals surface area contributed by atoms with Gasteiger partial charge in [0.05, 0.1) is 0 Å². The minimum Gasteiger partial charge on any atom is -0.353 e. The summed E-state index contributed by atoms with van der Waals surface area (Å²) in [7, 11) is 0. The Morgan fingerprint density at radius 1 is 1.00 bits per heavy atom. The summed E-state index contributed by atoms with van der Waals surface area (Å²) in [4.78, 5) is 12.0. The van der Waals surface area contributed by atoms with Crippen LogP contribution in [-0.4, -0.2) is 11.9 Å². The molecule has 0 bridgehead atoms. The van der Waals surface area contributed by atoms with Crippen molar-refractivity contribution in [3.8, 4) is 0 Å². The van der Waals surface area contributed by atoms with Gasteiger partial charge in [-0.05, 0) is 24.8 Å². The van der Waals surface area contributed by atoms with Crippen molar-refractivity contribution in [1.29, 1.82) is 0 Å². The number of aryl methyl sites for hydroxylation is 1. The van der Waals surface area contributed by atoms with Crippen molar-refractivity contribution in [2.75, 3.05) is 0 Å². The molecule has 1 aliphatic carbocycles. The van der Waals surface area contributed by atoms with E-state index in [0.717, 1.165) is 19.3 Å². The first kappa shape index (κ1) is 14.1. The largest absolute Gasteiger partial charge is 0.353 e. The number of carbonyl (C=O) groups is 1. The summed E-state index contributed by atoms with van der Waals surface area (Å²) >= 11 is 0. The Balaban J connectivity index is 1.71. The predicted molar refractivity (Wildman–Crippen MR) is 79.0 cm³/mol. The zero-order chi connectivity index (χ0) is 13.3. The number of benzene rings is 1. The van der Waals surface area contributed by atoms with E-state index in [1.54, 1.807) is 0 Å². The highest BCUT2D eigenvalue weighted by Gasteiger charge is 2.13. The zero-order valence-corrected chi connectivity index (χ0v) is 11.7. The van der Waals surface area contributed by atoms with E-state index < -0.39 is 0 Å². The Morgan fingerprint density at radius 2 is 1.63 bits per heavy atom. The zero-order valence-electron chi connectivity index (χ0n) is 11.7. The van der Waals surface area contributed by atoms with Crippen molar-refractivity contribution >= 4 is 5.91 Å². The normalized spacial score (nSPS) is 17.5. The van der Waals surface area contributed by atoms with Crippen LogP contribution in [0.2, 0.25) is 0 Å². The average molecular weight is 259 g/mol. The summed E-state index contributed by atoms with van der Waals surface area (Å²) in [6.07, 6.45) is 10.3. The first-order valence-electron chi connectivity index (χ1n) is 7.68. The topological polar surface area (TPSA) is 29.1 Å². The van der Waals surface area contributed by atoms with Crippen molar-refractivity contribution in [2.45, 2.75) is 63.8 Å². The summed E-state index contributed by atoms with van der Waals surface area (Å²) < 4.78 is 0. The van der Waals surface area contributed by atoms with Crippen LogP contribution in [0, 0.1) is 0 Å². The molecule has 1 amide bonds. The molecule has 2 rings (SSSR count). The molecule has 0 unspecified atom stereocenters. The lowest BCUT2D eigenvalue weighted by Gasteiger charge is -2.21. The van der Waals surface area contributed by atoms with Crippen molar-refractivity contribution in [2.24, 2.45) is 0 Å². The second-order valence-corrected chi connectivity index (χ2v) is 5.60. The first-order chi connectivity index (χ1) is 9.34. The molecule has 1 saturated carbocycles. The standard InChI is InChI=1S/C17H25NO/c19-17(14-13-15-9-5-4-6-10-15)18-16-11-7-2-1-3-8-12-16/h4-6,9-10,16H,1-3,7-8,11-14H2,(H,18,19). The number of nitrogens with one attached hydrogen (secondary N) is 1. The van der Waals surface area contributed by atoms with E-state index in [0.29, 0.717) is 12.5 Å². The molecule has 0 aromatic heterocycles. The van der Waals surface area contributed by atoms with Gasteiger partial charge in [0.15, 0.2) is 0 Å². The van der Waals surface area contributed by atoms with Crippen LogP contribution in [0.1, 0.15) is 56.9 Å². The molecule has 2 heteroatoms. The molecule has 0 saturated heterocycles. The molecule has 1 aliphatic rings. The van der Waals surface area contributed by atoms with Crippen LogP contribution < -0.4 is 5.32 Å². The van der Waals surface area contributed by atoms with E-state index >= 15 is 0 Å². The Kier molecular flexibility index (Phi) is 5.93. The SMILES string of the molecule is O=C(CCc1ccccc1)NC1CCCCCCC1. The lowest BCUT2D eigenvalue weighted by atomic mass is 9.96. The fourth-order valence-electron chi connectivity index (χ4n) is 2.80. The van der Waals surface area contributed by atoms with E-state index in [9.17, 15) is 4.79 Å². The van der Waals surface area contributed by atoms with Gasteiger partial charge in [0, 0.05) is 12.5 Å². The maximum absolute atomic E-state index is 12.0. The fourth-order valence-corrected chi connectivity index (χ4v) is 2.80. The van der Waals surface area contributed by atoms with Gasteiger partial charge in [-0.15, -0.1) is 0 Å². The molecule has 19 heavy (non-hydrogen) atoms. The maximum Gasteiger partial charge on any atom is 0.220 e. The molecular weight excluding hydrogens is 234 g/mol. The van der Waals surface area contributed by atoms with Crippen LogP contribution >= 0.6 is 0 Å². The summed E-state index contributed by atoms with van der Waals surface area (Å²) in [6.45, 7) is 0. The van der Waals surface area contributed by atoms with Crippen molar-refractivity contribution in [1.82, 2.24) is 5.32 Å². The van der Waals surface area contributed by atoms with Crippen molar-refractivity contribution in [3.05, 3.63) is 35.9 Å². The third-order valence-electron chi connectivity index (χ3n) is 3.95. The molecule has 0 atom stereocenters. The highest BCUT2D eigenvalue weighted by molar-refractivity contribution is 5.76. The van der Waals surface area contributed by atoms with Gasteiger partial charge in [-0.2, -0.15) is 0 Å². The van der Waals surface area contributed by atoms with Crippen LogP contribution in [0.25, 0.3) is 0 Å². The van der Waals surface area contributed by atoms with Crippen LogP contribution in [0.15, 0.2) is 30.3 Å². The first-order valence-corrected chi connectivity index (χ1v) is 7.68. The maximum atomic E-state index is 12.0. The third-order valence-corrected chi connectivity index (χ3v) is 3.95. The Labute approximate surface area is 116 Å². The number of hydrogen-bond acceptors (Lipinski definition) is 1. The second kappa shape index (κ2) is 7.98. The molecule has 2 nitrogen and oxygen atoms in total. The quantitative estimate of drug-likeness (QED) is 0.874. The minimum atomic E-state index is 0.217. The van der Waals surface area contributed by atoms with Gasteiger partial charge in [-0.1, -0.05) is 62.4 Å².